The molecule has 162 valence electrons. The number of aromatic nitrogens is 4. The number of hydrogen-bond acceptors (Lipinski definition) is 6. The van der Waals surface area contributed by atoms with Gasteiger partial charge in [-0.25, -0.2) is 17.8 Å². The van der Waals surface area contributed by atoms with Crippen molar-refractivity contribution >= 4 is 20.7 Å². The van der Waals surface area contributed by atoms with Crippen LogP contribution in [-0.4, -0.2) is 47.7 Å². The summed E-state index contributed by atoms with van der Waals surface area (Å²) < 4.78 is 71.0. The van der Waals surface area contributed by atoms with Gasteiger partial charge in [-0.3, -0.25) is 9.48 Å². The highest BCUT2D eigenvalue weighted by Crippen LogP contribution is 2.38. The van der Waals surface area contributed by atoms with Crippen LogP contribution in [0.2, 0.25) is 0 Å². The van der Waals surface area contributed by atoms with Gasteiger partial charge in [-0.2, -0.15) is 18.3 Å². The van der Waals surface area contributed by atoms with Crippen LogP contribution in [-0.2, 0) is 33.2 Å². The number of hydrogen-bond donors (Lipinski definition) is 1. The average molecular weight is 446 g/mol. The Morgan fingerprint density at radius 2 is 1.93 bits per heavy atom. The van der Waals surface area contributed by atoms with Gasteiger partial charge in [0, 0.05) is 25.1 Å². The summed E-state index contributed by atoms with van der Waals surface area (Å²) in [6, 6.07) is 2.99. The fraction of sp³-hybridized carbons (Fsp3) is 0.353. The Kier molecular flexibility index (Phi) is 5.60. The number of nitrogens with zero attached hydrogens (tertiary/aromatic N) is 3. The topological polar surface area (TPSA) is 116 Å². The number of alkyl halides is 3. The Hall–Kier alpha value is -2.93. The number of sulfone groups is 1. The summed E-state index contributed by atoms with van der Waals surface area (Å²) in [6.45, 7) is 0.357. The van der Waals surface area contributed by atoms with E-state index in [1.165, 1.54) is 24.1 Å². The lowest BCUT2D eigenvalue weighted by Gasteiger charge is -2.16. The van der Waals surface area contributed by atoms with Gasteiger partial charge in [0.1, 0.15) is 5.88 Å². The van der Waals surface area contributed by atoms with Gasteiger partial charge in [0.15, 0.2) is 9.84 Å². The predicted molar refractivity (Wildman–Crippen MR) is 102 cm³/mol. The number of rotatable bonds is 6. The number of benzene rings is 1. The van der Waals surface area contributed by atoms with Crippen LogP contribution < -0.4 is 11.2 Å². The molecule has 3 aromatic rings. The van der Waals surface area contributed by atoms with E-state index < -0.39 is 38.7 Å². The van der Waals surface area contributed by atoms with Gasteiger partial charge in [0.25, 0.3) is 5.56 Å². The van der Waals surface area contributed by atoms with E-state index in [1.807, 2.05) is 0 Å². The van der Waals surface area contributed by atoms with Crippen molar-refractivity contribution in [2.45, 2.75) is 18.6 Å². The van der Waals surface area contributed by atoms with Gasteiger partial charge in [0.2, 0.25) is 0 Å². The van der Waals surface area contributed by atoms with Crippen molar-refractivity contribution < 1.29 is 26.3 Å². The third kappa shape index (κ3) is 4.31. The monoisotopic (exact) mass is 446 g/mol. The van der Waals surface area contributed by atoms with E-state index in [9.17, 15) is 31.2 Å². The van der Waals surface area contributed by atoms with Gasteiger partial charge in [-0.05, 0) is 18.2 Å². The Balaban J connectivity index is 2.35. The number of halogens is 3. The molecule has 0 spiro atoms. The molecule has 0 saturated carbocycles. The van der Waals surface area contributed by atoms with Crippen molar-refractivity contribution in [2.24, 2.45) is 0 Å². The number of ether oxygens (including phenoxy) is 1. The number of nitrogens with one attached hydrogen (secondary N) is 1. The van der Waals surface area contributed by atoms with Crippen LogP contribution in [0, 0.1) is 0 Å². The van der Waals surface area contributed by atoms with Crippen LogP contribution >= 0.6 is 0 Å². The normalized spacial score (nSPS) is 12.6. The average Bonchev–Trinajstić information content (AvgIpc) is 3.09. The lowest BCUT2D eigenvalue weighted by Crippen LogP contribution is -2.37. The van der Waals surface area contributed by atoms with E-state index in [2.05, 4.69) is 10.1 Å². The fourth-order valence-electron chi connectivity index (χ4n) is 3.02. The van der Waals surface area contributed by atoms with Gasteiger partial charge in [-0.15, -0.1) is 0 Å². The van der Waals surface area contributed by atoms with Gasteiger partial charge in [0.05, 0.1) is 35.3 Å². The molecule has 0 bridgehead atoms. The lowest BCUT2D eigenvalue weighted by molar-refractivity contribution is -0.137. The van der Waals surface area contributed by atoms with Crippen LogP contribution in [0.25, 0.3) is 22.2 Å². The first-order valence-corrected chi connectivity index (χ1v) is 10.6. The Bertz CT molecular complexity index is 1320. The van der Waals surface area contributed by atoms with Crippen molar-refractivity contribution in [3.05, 3.63) is 50.8 Å². The molecule has 0 amide bonds. The van der Waals surface area contributed by atoms with Crippen molar-refractivity contribution in [1.82, 2.24) is 19.3 Å². The molecule has 1 N–H and O–H groups in total. The molecule has 0 atom stereocenters. The number of aromatic amines is 1. The molecule has 0 saturated heterocycles. The standard InChI is InChI=1S/C17H17F3N4O5S/c1-29-6-5-24-14(3-4-21-24)10-7-11-13(8-12(10)17(18,19)20)22-16(26)23(15(11)25)9-30(2,27)28/h3-4,7-8H,5-6,9H2,1-2H3,(H,22,26). The van der Waals surface area contributed by atoms with Crippen molar-refractivity contribution in [3.8, 4) is 11.3 Å². The maximum Gasteiger partial charge on any atom is 0.417 e. The Morgan fingerprint density at radius 3 is 2.53 bits per heavy atom. The molecule has 2 heterocycles. The summed E-state index contributed by atoms with van der Waals surface area (Å²) >= 11 is 0. The molecule has 2 aromatic heterocycles. The van der Waals surface area contributed by atoms with E-state index in [0.717, 1.165) is 12.3 Å². The lowest BCUT2D eigenvalue weighted by atomic mass is 10.0. The third-order valence-electron chi connectivity index (χ3n) is 4.29. The van der Waals surface area contributed by atoms with E-state index in [1.54, 1.807) is 0 Å². The van der Waals surface area contributed by atoms with E-state index >= 15 is 0 Å². The molecule has 13 heteroatoms. The van der Waals surface area contributed by atoms with Crippen LogP contribution in [0.15, 0.2) is 34.0 Å². The summed E-state index contributed by atoms with van der Waals surface area (Å²) in [4.78, 5) is 27.0. The number of fused-ring (bicyclic) bond motifs is 1. The molecule has 0 fully saturated rings. The molecule has 1 aromatic carbocycles. The second-order valence-electron chi connectivity index (χ2n) is 6.59. The zero-order chi connectivity index (χ0) is 22.3. The SMILES string of the molecule is COCCn1nccc1-c1cc2c(=O)n(CS(C)(=O)=O)c(=O)[nH]c2cc1C(F)(F)F. The largest absolute Gasteiger partial charge is 0.417 e. The molecule has 3 rings (SSSR count). The van der Waals surface area contributed by atoms with Crippen LogP contribution in [0.5, 0.6) is 0 Å². The number of H-pyrrole nitrogens is 1. The Labute approximate surface area is 167 Å². The molecule has 9 nitrogen and oxygen atoms in total. The minimum atomic E-state index is -4.79. The Morgan fingerprint density at radius 1 is 1.23 bits per heavy atom. The summed E-state index contributed by atoms with van der Waals surface area (Å²) in [7, 11) is -2.33. The summed E-state index contributed by atoms with van der Waals surface area (Å²) in [5.41, 5.74) is -3.82. The van der Waals surface area contributed by atoms with E-state index in [0.29, 0.717) is 10.6 Å². The minimum Gasteiger partial charge on any atom is -0.383 e. The van der Waals surface area contributed by atoms with Crippen molar-refractivity contribution in [2.75, 3.05) is 20.0 Å². The zero-order valence-electron chi connectivity index (χ0n) is 15.9. The number of methoxy groups -OCH3 is 1. The molecule has 0 aliphatic heterocycles. The quantitative estimate of drug-likeness (QED) is 0.609. The summed E-state index contributed by atoms with van der Waals surface area (Å²) in [5.74, 6) is -0.904. The molecular weight excluding hydrogens is 429 g/mol. The molecule has 0 unspecified atom stereocenters. The fourth-order valence-corrected chi connectivity index (χ4v) is 3.72. The molecule has 30 heavy (non-hydrogen) atoms. The summed E-state index contributed by atoms with van der Waals surface area (Å²) in [5, 5.41) is 3.72. The highest BCUT2D eigenvalue weighted by atomic mass is 32.2. The second kappa shape index (κ2) is 7.72. The summed E-state index contributed by atoms with van der Waals surface area (Å²) in [6.07, 6.45) is -2.65. The van der Waals surface area contributed by atoms with Gasteiger partial charge in [-0.1, -0.05) is 0 Å². The maximum absolute atomic E-state index is 13.7. The van der Waals surface area contributed by atoms with Gasteiger partial charge >= 0.3 is 11.9 Å². The van der Waals surface area contributed by atoms with Crippen molar-refractivity contribution in [1.29, 1.82) is 0 Å². The third-order valence-corrected chi connectivity index (χ3v) is 5.02. The van der Waals surface area contributed by atoms with E-state index in [4.69, 9.17) is 4.74 Å². The van der Waals surface area contributed by atoms with Crippen LogP contribution in [0.4, 0.5) is 13.2 Å². The van der Waals surface area contributed by atoms with E-state index in [-0.39, 0.29) is 35.3 Å². The van der Waals surface area contributed by atoms with Gasteiger partial charge < -0.3 is 9.72 Å². The minimum absolute atomic E-state index is 0.0848. The molecule has 0 radical (unpaired) electrons. The highest BCUT2D eigenvalue weighted by Gasteiger charge is 2.35. The van der Waals surface area contributed by atoms with Crippen LogP contribution in [0.3, 0.4) is 0 Å². The first kappa shape index (κ1) is 21.8. The zero-order valence-corrected chi connectivity index (χ0v) is 16.7. The van der Waals surface area contributed by atoms with Crippen molar-refractivity contribution in [3.63, 3.8) is 0 Å². The first-order chi connectivity index (χ1) is 13.9. The first-order valence-electron chi connectivity index (χ1n) is 8.49. The molecule has 0 aliphatic rings. The second-order valence-corrected chi connectivity index (χ2v) is 8.70. The molecule has 0 aliphatic carbocycles. The smallest absolute Gasteiger partial charge is 0.383 e. The predicted octanol–water partition coefficient (Wildman–Crippen LogP) is 1.22. The maximum atomic E-state index is 13.7. The molecular formula is C17H17F3N4O5S. The van der Waals surface area contributed by atoms with Crippen LogP contribution in [0.1, 0.15) is 5.56 Å². The highest BCUT2D eigenvalue weighted by molar-refractivity contribution is 7.89.